The molecular weight excluding hydrogens is 292 g/mol. The van der Waals surface area contributed by atoms with E-state index in [2.05, 4.69) is 6.92 Å². The Morgan fingerprint density at radius 3 is 1.43 bits per heavy atom. The Morgan fingerprint density at radius 1 is 0.609 bits per heavy atom. The standard InChI is InChI=1S/C19H36O4/c1-17(15-16-19(22)23)13-11-9-7-5-3-2-4-6-8-10-12-14-18(20)21/h17H,2-16H2,1H3,(H,20,21)(H,22,23). The second-order valence-corrected chi connectivity index (χ2v) is 6.86. The van der Waals surface area contributed by atoms with Crippen molar-refractivity contribution >= 4 is 11.9 Å². The first-order chi connectivity index (χ1) is 11.0. The summed E-state index contributed by atoms with van der Waals surface area (Å²) in [4.78, 5) is 20.8. The summed E-state index contributed by atoms with van der Waals surface area (Å²) in [6, 6.07) is 0. The van der Waals surface area contributed by atoms with Crippen LogP contribution in [0, 0.1) is 5.92 Å². The molecule has 0 heterocycles. The number of unbranched alkanes of at least 4 members (excludes halogenated alkanes) is 10. The van der Waals surface area contributed by atoms with E-state index in [9.17, 15) is 9.59 Å². The molecule has 0 aliphatic rings. The van der Waals surface area contributed by atoms with E-state index < -0.39 is 11.9 Å². The van der Waals surface area contributed by atoms with Crippen molar-refractivity contribution in [3.05, 3.63) is 0 Å². The topological polar surface area (TPSA) is 74.6 Å². The molecule has 0 amide bonds. The van der Waals surface area contributed by atoms with Crippen molar-refractivity contribution in [1.29, 1.82) is 0 Å². The van der Waals surface area contributed by atoms with Gasteiger partial charge in [-0.3, -0.25) is 9.59 Å². The minimum absolute atomic E-state index is 0.303. The molecule has 0 saturated carbocycles. The van der Waals surface area contributed by atoms with Crippen LogP contribution in [0.15, 0.2) is 0 Å². The molecule has 0 spiro atoms. The van der Waals surface area contributed by atoms with Gasteiger partial charge in [-0.05, 0) is 18.8 Å². The van der Waals surface area contributed by atoms with Gasteiger partial charge in [0.15, 0.2) is 0 Å². The molecule has 0 bridgehead atoms. The van der Waals surface area contributed by atoms with Gasteiger partial charge in [0.05, 0.1) is 0 Å². The molecule has 0 radical (unpaired) electrons. The Bertz CT molecular complexity index is 302. The zero-order valence-corrected chi connectivity index (χ0v) is 14.9. The lowest BCUT2D eigenvalue weighted by Crippen LogP contribution is -2.01. The molecule has 0 fully saturated rings. The van der Waals surface area contributed by atoms with Gasteiger partial charge in [0.25, 0.3) is 0 Å². The van der Waals surface area contributed by atoms with Crippen LogP contribution in [-0.4, -0.2) is 22.2 Å². The van der Waals surface area contributed by atoms with Crippen molar-refractivity contribution in [2.75, 3.05) is 0 Å². The third kappa shape index (κ3) is 18.9. The van der Waals surface area contributed by atoms with Crippen molar-refractivity contribution in [2.24, 2.45) is 5.92 Å². The van der Waals surface area contributed by atoms with Gasteiger partial charge in [0.1, 0.15) is 0 Å². The lowest BCUT2D eigenvalue weighted by atomic mass is 9.97. The van der Waals surface area contributed by atoms with Crippen molar-refractivity contribution in [3.63, 3.8) is 0 Å². The molecule has 136 valence electrons. The second kappa shape index (κ2) is 15.8. The average molecular weight is 328 g/mol. The SMILES string of the molecule is CC(CCCCCCCCCCCCCC(=O)O)CCC(=O)O. The first-order valence-electron chi connectivity index (χ1n) is 9.46. The maximum atomic E-state index is 10.5. The van der Waals surface area contributed by atoms with Crippen LogP contribution in [0.2, 0.25) is 0 Å². The molecule has 2 N–H and O–H groups in total. The summed E-state index contributed by atoms with van der Waals surface area (Å²) in [5, 5.41) is 17.2. The lowest BCUT2D eigenvalue weighted by Gasteiger charge is -2.09. The number of hydrogen-bond acceptors (Lipinski definition) is 2. The van der Waals surface area contributed by atoms with Gasteiger partial charge < -0.3 is 10.2 Å². The molecule has 0 aliphatic heterocycles. The zero-order valence-electron chi connectivity index (χ0n) is 14.9. The summed E-state index contributed by atoms with van der Waals surface area (Å²) >= 11 is 0. The van der Waals surface area contributed by atoms with E-state index in [0.29, 0.717) is 18.8 Å². The van der Waals surface area contributed by atoms with E-state index in [1.165, 1.54) is 57.8 Å². The van der Waals surface area contributed by atoms with Crippen LogP contribution < -0.4 is 0 Å². The summed E-state index contributed by atoms with van der Waals surface area (Å²) in [5.41, 5.74) is 0. The summed E-state index contributed by atoms with van der Waals surface area (Å²) in [6.07, 6.45) is 15.8. The van der Waals surface area contributed by atoms with Gasteiger partial charge in [0.2, 0.25) is 0 Å². The van der Waals surface area contributed by atoms with E-state index >= 15 is 0 Å². The highest BCUT2D eigenvalue weighted by molar-refractivity contribution is 5.66. The van der Waals surface area contributed by atoms with E-state index in [0.717, 1.165) is 25.7 Å². The fourth-order valence-corrected chi connectivity index (χ4v) is 2.87. The molecule has 0 aromatic carbocycles. The maximum Gasteiger partial charge on any atom is 0.303 e. The fourth-order valence-electron chi connectivity index (χ4n) is 2.87. The van der Waals surface area contributed by atoms with Crippen LogP contribution in [0.1, 0.15) is 103 Å². The van der Waals surface area contributed by atoms with Crippen LogP contribution in [0.4, 0.5) is 0 Å². The Kier molecular flexibility index (Phi) is 15.1. The second-order valence-electron chi connectivity index (χ2n) is 6.86. The minimum atomic E-state index is -0.682. The number of carboxylic acids is 2. The normalized spacial score (nSPS) is 12.2. The summed E-state index contributed by atoms with van der Waals surface area (Å²) in [7, 11) is 0. The zero-order chi connectivity index (χ0) is 17.3. The van der Waals surface area contributed by atoms with Gasteiger partial charge in [0, 0.05) is 12.8 Å². The summed E-state index contributed by atoms with van der Waals surface area (Å²) < 4.78 is 0. The Morgan fingerprint density at radius 2 is 1.00 bits per heavy atom. The highest BCUT2D eigenvalue weighted by Gasteiger charge is 2.05. The van der Waals surface area contributed by atoms with E-state index in [-0.39, 0.29) is 0 Å². The monoisotopic (exact) mass is 328 g/mol. The molecule has 0 saturated heterocycles. The van der Waals surface area contributed by atoms with Gasteiger partial charge in [-0.1, -0.05) is 77.6 Å². The third-order valence-corrected chi connectivity index (χ3v) is 4.44. The molecule has 4 nitrogen and oxygen atoms in total. The van der Waals surface area contributed by atoms with Gasteiger partial charge >= 0.3 is 11.9 Å². The first-order valence-corrected chi connectivity index (χ1v) is 9.46. The molecule has 0 aliphatic carbocycles. The molecular formula is C19H36O4. The predicted molar refractivity (Wildman–Crippen MR) is 93.7 cm³/mol. The maximum absolute atomic E-state index is 10.5. The molecule has 0 aromatic heterocycles. The Balaban J connectivity index is 3.13. The number of carboxylic acid groups (broad SMARTS) is 2. The Labute approximate surface area is 141 Å². The van der Waals surface area contributed by atoms with Crippen molar-refractivity contribution in [1.82, 2.24) is 0 Å². The van der Waals surface area contributed by atoms with Crippen molar-refractivity contribution in [3.8, 4) is 0 Å². The number of rotatable bonds is 17. The smallest absolute Gasteiger partial charge is 0.303 e. The number of hydrogen-bond donors (Lipinski definition) is 2. The van der Waals surface area contributed by atoms with E-state index in [4.69, 9.17) is 10.2 Å². The highest BCUT2D eigenvalue weighted by Crippen LogP contribution is 2.17. The van der Waals surface area contributed by atoms with Crippen molar-refractivity contribution in [2.45, 2.75) is 103 Å². The lowest BCUT2D eigenvalue weighted by molar-refractivity contribution is -0.138. The van der Waals surface area contributed by atoms with E-state index in [1.54, 1.807) is 0 Å². The van der Waals surface area contributed by atoms with Crippen LogP contribution >= 0.6 is 0 Å². The number of aliphatic carboxylic acids is 2. The fraction of sp³-hybridized carbons (Fsp3) is 0.895. The minimum Gasteiger partial charge on any atom is -0.481 e. The van der Waals surface area contributed by atoms with E-state index in [1.807, 2.05) is 0 Å². The largest absolute Gasteiger partial charge is 0.481 e. The van der Waals surface area contributed by atoms with Crippen LogP contribution in [0.25, 0.3) is 0 Å². The first kappa shape index (κ1) is 21.9. The molecule has 0 aromatic rings. The van der Waals surface area contributed by atoms with Gasteiger partial charge in [-0.25, -0.2) is 0 Å². The van der Waals surface area contributed by atoms with Crippen LogP contribution in [0.5, 0.6) is 0 Å². The average Bonchev–Trinajstić information content (AvgIpc) is 2.49. The summed E-state index contributed by atoms with van der Waals surface area (Å²) in [5.74, 6) is -0.827. The third-order valence-electron chi connectivity index (χ3n) is 4.44. The Hall–Kier alpha value is -1.06. The molecule has 23 heavy (non-hydrogen) atoms. The molecule has 4 heteroatoms. The van der Waals surface area contributed by atoms with Gasteiger partial charge in [-0.2, -0.15) is 0 Å². The molecule has 1 atom stereocenters. The molecule has 0 rings (SSSR count). The predicted octanol–water partition coefficient (Wildman–Crippen LogP) is 5.64. The van der Waals surface area contributed by atoms with Crippen LogP contribution in [-0.2, 0) is 9.59 Å². The number of carbonyl (C=O) groups is 2. The van der Waals surface area contributed by atoms with Crippen LogP contribution in [0.3, 0.4) is 0 Å². The summed E-state index contributed by atoms with van der Waals surface area (Å²) in [6.45, 7) is 2.15. The van der Waals surface area contributed by atoms with Gasteiger partial charge in [-0.15, -0.1) is 0 Å². The quantitative estimate of drug-likeness (QED) is 0.339. The van der Waals surface area contributed by atoms with Crippen molar-refractivity contribution < 1.29 is 19.8 Å². The highest BCUT2D eigenvalue weighted by atomic mass is 16.4. The molecule has 1 unspecified atom stereocenters.